The zero-order chi connectivity index (χ0) is 10.4. The molecule has 1 aromatic rings. The third kappa shape index (κ3) is 3.17. The first-order valence-electron chi connectivity index (χ1n) is 5.00. The van der Waals surface area contributed by atoms with Crippen LogP contribution in [0.2, 0.25) is 0 Å². The largest absolute Gasteiger partial charge is 0.261 e. The van der Waals surface area contributed by atoms with Gasteiger partial charge in [0.15, 0.2) is 0 Å². The van der Waals surface area contributed by atoms with Crippen molar-refractivity contribution in [3.05, 3.63) is 47.7 Å². The van der Waals surface area contributed by atoms with E-state index in [4.69, 9.17) is 0 Å². The summed E-state index contributed by atoms with van der Waals surface area (Å²) < 4.78 is 0. The maximum Gasteiger partial charge on any atom is 0.0444 e. The van der Waals surface area contributed by atoms with Gasteiger partial charge in [0.25, 0.3) is 0 Å². The van der Waals surface area contributed by atoms with Crippen LogP contribution in [0.25, 0.3) is 0 Å². The number of rotatable bonds is 3. The second-order valence-corrected chi connectivity index (χ2v) is 3.37. The van der Waals surface area contributed by atoms with Crippen molar-refractivity contribution in [1.82, 2.24) is 0 Å². The van der Waals surface area contributed by atoms with E-state index in [9.17, 15) is 0 Å². The number of aliphatic imine (C=N–C) groups is 1. The molecule has 0 N–H and O–H groups in total. The summed E-state index contributed by atoms with van der Waals surface area (Å²) in [5.74, 6) is 0. The molecule has 0 atom stereocenters. The van der Waals surface area contributed by atoms with Crippen LogP contribution in [-0.4, -0.2) is 5.71 Å². The topological polar surface area (TPSA) is 12.4 Å². The Kier molecular flexibility index (Phi) is 4.11. The number of allylic oxidation sites excluding steroid dienone is 1. The summed E-state index contributed by atoms with van der Waals surface area (Å²) in [7, 11) is 0. The zero-order valence-electron chi connectivity index (χ0n) is 9.12. The fourth-order valence-corrected chi connectivity index (χ4v) is 1.14. The van der Waals surface area contributed by atoms with Gasteiger partial charge in [-0.25, -0.2) is 0 Å². The Hall–Kier alpha value is -1.37. The van der Waals surface area contributed by atoms with Gasteiger partial charge in [0.2, 0.25) is 0 Å². The van der Waals surface area contributed by atoms with Gasteiger partial charge in [-0.05, 0) is 25.8 Å². The summed E-state index contributed by atoms with van der Waals surface area (Å²) in [6, 6.07) is 8.43. The van der Waals surface area contributed by atoms with Gasteiger partial charge in [0.05, 0.1) is 0 Å². The van der Waals surface area contributed by atoms with Crippen LogP contribution in [0.1, 0.15) is 31.4 Å². The zero-order valence-corrected chi connectivity index (χ0v) is 9.12. The highest BCUT2D eigenvalue weighted by Gasteiger charge is 1.94. The van der Waals surface area contributed by atoms with E-state index in [1.165, 1.54) is 11.1 Å². The van der Waals surface area contributed by atoms with E-state index in [0.717, 1.165) is 12.1 Å². The number of aryl methyl sites for hydroxylation is 1. The van der Waals surface area contributed by atoms with Gasteiger partial charge < -0.3 is 0 Å². The predicted molar refractivity (Wildman–Crippen MR) is 62.8 cm³/mol. The normalized spacial score (nSPS) is 12.4. The molecule has 0 aliphatic rings. The molecule has 0 unspecified atom stereocenters. The highest BCUT2D eigenvalue weighted by atomic mass is 14.7. The number of hydrogen-bond donors (Lipinski definition) is 0. The lowest BCUT2D eigenvalue weighted by Crippen LogP contribution is -1.92. The maximum atomic E-state index is 4.35. The molecule has 1 nitrogen and oxygen atoms in total. The van der Waals surface area contributed by atoms with Crippen molar-refractivity contribution < 1.29 is 0 Å². The molecule has 0 aromatic heterocycles. The summed E-state index contributed by atoms with van der Waals surface area (Å²) in [6.45, 7) is 6.23. The summed E-state index contributed by atoms with van der Waals surface area (Å²) in [6.07, 6.45) is 4.96. The van der Waals surface area contributed by atoms with Gasteiger partial charge in [-0.1, -0.05) is 42.8 Å². The first kappa shape index (κ1) is 10.7. The first-order chi connectivity index (χ1) is 6.74. The molecule has 0 radical (unpaired) electrons. The van der Waals surface area contributed by atoms with Gasteiger partial charge in [0.1, 0.15) is 0 Å². The van der Waals surface area contributed by atoms with Gasteiger partial charge in [-0.3, -0.25) is 4.99 Å². The molecule has 0 heterocycles. The van der Waals surface area contributed by atoms with Crippen LogP contribution in [0.3, 0.4) is 0 Å². The van der Waals surface area contributed by atoms with Gasteiger partial charge in [0, 0.05) is 11.9 Å². The second kappa shape index (κ2) is 5.38. The average molecular weight is 187 g/mol. The SMILES string of the molecule is CC/C=C\N=C(/C)c1ccc(C)cc1. The van der Waals surface area contributed by atoms with Gasteiger partial charge >= 0.3 is 0 Å². The van der Waals surface area contributed by atoms with E-state index in [2.05, 4.69) is 49.2 Å². The third-order valence-corrected chi connectivity index (χ3v) is 2.08. The van der Waals surface area contributed by atoms with Crippen molar-refractivity contribution >= 4 is 5.71 Å². The smallest absolute Gasteiger partial charge is 0.0444 e. The van der Waals surface area contributed by atoms with Gasteiger partial charge in [-0.15, -0.1) is 0 Å². The molecule has 0 saturated carbocycles. The minimum Gasteiger partial charge on any atom is -0.261 e. The van der Waals surface area contributed by atoms with Crippen LogP contribution >= 0.6 is 0 Å². The summed E-state index contributed by atoms with van der Waals surface area (Å²) in [4.78, 5) is 4.35. The number of benzene rings is 1. The van der Waals surface area contributed by atoms with E-state index < -0.39 is 0 Å². The second-order valence-electron chi connectivity index (χ2n) is 3.37. The molecule has 0 fully saturated rings. The highest BCUT2D eigenvalue weighted by Crippen LogP contribution is 2.04. The molecular formula is C13H17N. The summed E-state index contributed by atoms with van der Waals surface area (Å²) in [5, 5.41) is 0. The minimum absolute atomic E-state index is 1.03. The molecule has 0 saturated heterocycles. The molecule has 0 aliphatic carbocycles. The van der Waals surface area contributed by atoms with Crippen LogP contribution < -0.4 is 0 Å². The number of nitrogens with zero attached hydrogens (tertiary/aromatic N) is 1. The van der Waals surface area contributed by atoms with Crippen molar-refractivity contribution in [2.75, 3.05) is 0 Å². The molecule has 1 rings (SSSR count). The molecule has 14 heavy (non-hydrogen) atoms. The van der Waals surface area contributed by atoms with Crippen molar-refractivity contribution in [3.8, 4) is 0 Å². The Morgan fingerprint density at radius 3 is 2.50 bits per heavy atom. The third-order valence-electron chi connectivity index (χ3n) is 2.08. The van der Waals surface area contributed by atoms with Crippen LogP contribution in [0.4, 0.5) is 0 Å². The lowest BCUT2D eigenvalue weighted by molar-refractivity contribution is 1.21. The van der Waals surface area contributed by atoms with E-state index in [0.29, 0.717) is 0 Å². The fourth-order valence-electron chi connectivity index (χ4n) is 1.14. The Morgan fingerprint density at radius 2 is 1.93 bits per heavy atom. The Morgan fingerprint density at radius 1 is 1.29 bits per heavy atom. The van der Waals surface area contributed by atoms with Crippen molar-refractivity contribution in [1.29, 1.82) is 0 Å². The molecule has 0 aliphatic heterocycles. The van der Waals surface area contributed by atoms with Crippen LogP contribution in [0.5, 0.6) is 0 Å². The predicted octanol–water partition coefficient (Wildman–Crippen LogP) is 3.73. The fraction of sp³-hybridized carbons (Fsp3) is 0.308. The van der Waals surface area contributed by atoms with Gasteiger partial charge in [-0.2, -0.15) is 0 Å². The van der Waals surface area contributed by atoms with Crippen LogP contribution in [0.15, 0.2) is 41.5 Å². The van der Waals surface area contributed by atoms with Crippen LogP contribution in [-0.2, 0) is 0 Å². The monoisotopic (exact) mass is 187 g/mol. The quantitative estimate of drug-likeness (QED) is 0.639. The van der Waals surface area contributed by atoms with E-state index in [-0.39, 0.29) is 0 Å². The minimum atomic E-state index is 1.03. The van der Waals surface area contributed by atoms with E-state index in [1.807, 2.05) is 13.1 Å². The van der Waals surface area contributed by atoms with E-state index >= 15 is 0 Å². The molecule has 1 aromatic carbocycles. The maximum absolute atomic E-state index is 4.35. The molecular weight excluding hydrogens is 170 g/mol. The Bertz CT molecular complexity index is 331. The Labute approximate surface area is 86.2 Å². The van der Waals surface area contributed by atoms with E-state index in [1.54, 1.807) is 0 Å². The lowest BCUT2D eigenvalue weighted by atomic mass is 10.1. The van der Waals surface area contributed by atoms with Crippen molar-refractivity contribution in [3.63, 3.8) is 0 Å². The van der Waals surface area contributed by atoms with Crippen molar-refractivity contribution in [2.24, 2.45) is 4.99 Å². The summed E-state index contributed by atoms with van der Waals surface area (Å²) >= 11 is 0. The average Bonchev–Trinajstić information content (AvgIpc) is 2.19. The highest BCUT2D eigenvalue weighted by molar-refractivity contribution is 5.99. The van der Waals surface area contributed by atoms with Crippen LogP contribution in [0, 0.1) is 6.92 Å². The molecule has 0 spiro atoms. The summed E-state index contributed by atoms with van der Waals surface area (Å²) in [5.41, 5.74) is 3.54. The molecule has 74 valence electrons. The molecule has 0 amide bonds. The Balaban J connectivity index is 2.78. The first-order valence-corrected chi connectivity index (χ1v) is 5.00. The molecule has 0 bridgehead atoms. The standard InChI is InChI=1S/C13H17N/c1-4-5-10-14-12(3)13-8-6-11(2)7-9-13/h5-10H,4H2,1-3H3/b10-5-,14-12+. The molecule has 1 heteroatoms. The van der Waals surface area contributed by atoms with Crippen molar-refractivity contribution in [2.45, 2.75) is 27.2 Å². The lowest BCUT2D eigenvalue weighted by Gasteiger charge is -1.99. The number of hydrogen-bond acceptors (Lipinski definition) is 1.